The number of rotatable bonds is 3. The number of fused-ring (bicyclic) bond motifs is 1. The Morgan fingerprint density at radius 3 is 2.62 bits per heavy atom. The average molecular weight is 327 g/mol. The van der Waals surface area contributed by atoms with E-state index in [1.54, 1.807) is 6.07 Å². The van der Waals surface area contributed by atoms with E-state index in [9.17, 15) is 19.3 Å². The van der Waals surface area contributed by atoms with Gasteiger partial charge in [0.05, 0.1) is 10.3 Å². The molecule has 0 fully saturated rings. The molecule has 1 amide bonds. The number of halogens is 1. The highest BCUT2D eigenvalue weighted by atomic mass is 19.1. The lowest BCUT2D eigenvalue weighted by molar-refractivity contribution is -0.383. The quantitative estimate of drug-likeness (QED) is 0.581. The number of nitro benzene ring substituents is 1. The molecule has 7 nitrogen and oxygen atoms in total. The fraction of sp³-hybridized carbons (Fsp3) is 0. The molecule has 1 heterocycles. The smallest absolute Gasteiger partial charge is 0.408 e. The van der Waals surface area contributed by atoms with E-state index < -0.39 is 16.8 Å². The van der Waals surface area contributed by atoms with Crippen LogP contribution in [0.3, 0.4) is 0 Å². The molecule has 2 aromatic carbocycles. The Balaban J connectivity index is 1.87. The number of aromatic nitrogens is 1. The lowest BCUT2D eigenvalue weighted by atomic mass is 10.1. The van der Waals surface area contributed by atoms with Crippen molar-refractivity contribution in [2.75, 3.05) is 5.32 Å². The first kappa shape index (κ1) is 15.3. The number of non-ortho nitro benzene ring substituents is 1. The molecule has 0 unspecified atom stereocenters. The molecule has 0 aliphatic carbocycles. The van der Waals surface area contributed by atoms with Gasteiger partial charge in [-0.2, -0.15) is 0 Å². The van der Waals surface area contributed by atoms with Gasteiger partial charge in [-0.25, -0.2) is 9.18 Å². The number of anilines is 1. The van der Waals surface area contributed by atoms with Crippen molar-refractivity contribution in [3.63, 3.8) is 0 Å². The summed E-state index contributed by atoms with van der Waals surface area (Å²) in [7, 11) is 0. The summed E-state index contributed by atoms with van der Waals surface area (Å²) in [4.78, 5) is 26.5. The molecule has 0 aliphatic heterocycles. The van der Waals surface area contributed by atoms with E-state index in [0.29, 0.717) is 5.69 Å². The van der Waals surface area contributed by atoms with Crippen molar-refractivity contribution in [2.45, 2.75) is 0 Å². The van der Waals surface area contributed by atoms with E-state index in [4.69, 9.17) is 4.74 Å². The van der Waals surface area contributed by atoms with Gasteiger partial charge in [0.15, 0.2) is 5.75 Å². The Morgan fingerprint density at radius 1 is 1.17 bits per heavy atom. The van der Waals surface area contributed by atoms with Gasteiger partial charge in [-0.15, -0.1) is 0 Å². The van der Waals surface area contributed by atoms with Crippen LogP contribution in [0.25, 0.3) is 10.9 Å². The van der Waals surface area contributed by atoms with Gasteiger partial charge in [0.2, 0.25) is 0 Å². The highest BCUT2D eigenvalue weighted by Gasteiger charge is 2.17. The summed E-state index contributed by atoms with van der Waals surface area (Å²) in [5, 5.41) is 13.7. The molecule has 0 bridgehead atoms. The maximum Gasteiger partial charge on any atom is 0.417 e. The highest BCUT2D eigenvalue weighted by Crippen LogP contribution is 2.31. The molecule has 1 N–H and O–H groups in total. The summed E-state index contributed by atoms with van der Waals surface area (Å²) in [6.45, 7) is 0. The summed E-state index contributed by atoms with van der Waals surface area (Å²) in [5.41, 5.74) is 0.408. The number of nitro groups is 1. The molecular formula is C16H10FN3O4. The van der Waals surface area contributed by atoms with Crippen LogP contribution in [0.1, 0.15) is 0 Å². The van der Waals surface area contributed by atoms with Crippen LogP contribution < -0.4 is 10.1 Å². The van der Waals surface area contributed by atoms with Crippen molar-refractivity contribution in [1.29, 1.82) is 0 Å². The molecule has 3 aromatic rings. The van der Waals surface area contributed by atoms with E-state index in [1.165, 1.54) is 48.7 Å². The van der Waals surface area contributed by atoms with E-state index in [2.05, 4.69) is 10.3 Å². The van der Waals surface area contributed by atoms with Crippen molar-refractivity contribution >= 4 is 28.4 Å². The minimum atomic E-state index is -0.817. The van der Waals surface area contributed by atoms with Crippen LogP contribution in [0, 0.1) is 15.9 Å². The average Bonchev–Trinajstić information content (AvgIpc) is 2.57. The van der Waals surface area contributed by atoms with Gasteiger partial charge >= 0.3 is 6.09 Å². The van der Waals surface area contributed by atoms with Gasteiger partial charge in [-0.05, 0) is 42.5 Å². The number of hydrogen-bond acceptors (Lipinski definition) is 5. The van der Waals surface area contributed by atoms with Crippen molar-refractivity contribution in [1.82, 2.24) is 4.98 Å². The zero-order chi connectivity index (χ0) is 17.1. The number of carbonyl (C=O) groups excluding carboxylic acids is 1. The predicted octanol–water partition coefficient (Wildman–Crippen LogP) is 3.89. The van der Waals surface area contributed by atoms with E-state index in [1.807, 2.05) is 0 Å². The molecule has 0 atom stereocenters. The monoisotopic (exact) mass is 327 g/mol. The second-order valence-corrected chi connectivity index (χ2v) is 4.76. The van der Waals surface area contributed by atoms with Crippen LogP contribution >= 0.6 is 0 Å². The van der Waals surface area contributed by atoms with Crippen molar-refractivity contribution in [3.8, 4) is 5.75 Å². The Hall–Kier alpha value is -3.55. The number of amides is 1. The molecule has 120 valence electrons. The van der Waals surface area contributed by atoms with Crippen LogP contribution in [0.15, 0.2) is 54.7 Å². The minimum Gasteiger partial charge on any atom is -0.408 e. The third kappa shape index (κ3) is 3.12. The maximum absolute atomic E-state index is 12.8. The highest BCUT2D eigenvalue weighted by molar-refractivity contribution is 5.95. The number of nitrogens with zero attached hydrogens (tertiary/aromatic N) is 2. The van der Waals surface area contributed by atoms with Gasteiger partial charge in [0.25, 0.3) is 5.69 Å². The molecule has 0 saturated heterocycles. The number of nitrogens with one attached hydrogen (secondary N) is 1. The first-order chi connectivity index (χ1) is 11.5. The Kier molecular flexibility index (Phi) is 4.02. The molecule has 1 aromatic heterocycles. The van der Waals surface area contributed by atoms with Crippen LogP contribution in [0.2, 0.25) is 0 Å². The van der Waals surface area contributed by atoms with Crippen LogP contribution in [-0.2, 0) is 0 Å². The summed E-state index contributed by atoms with van der Waals surface area (Å²) >= 11 is 0. The van der Waals surface area contributed by atoms with Crippen LogP contribution in [-0.4, -0.2) is 16.0 Å². The normalized spacial score (nSPS) is 10.4. The van der Waals surface area contributed by atoms with Gasteiger partial charge in [0, 0.05) is 18.0 Å². The molecule has 24 heavy (non-hydrogen) atoms. The zero-order valence-electron chi connectivity index (χ0n) is 12.1. The SMILES string of the molecule is O=C(Nc1ccc(F)cc1)Oc1ccc([N+](=O)[O-])c2cccnc12. The van der Waals surface area contributed by atoms with Gasteiger partial charge in [0.1, 0.15) is 11.3 Å². The fourth-order valence-electron chi connectivity index (χ4n) is 2.15. The lowest BCUT2D eigenvalue weighted by Crippen LogP contribution is -2.17. The van der Waals surface area contributed by atoms with E-state index in [-0.39, 0.29) is 22.3 Å². The molecular weight excluding hydrogens is 317 g/mol. The largest absolute Gasteiger partial charge is 0.417 e. The lowest BCUT2D eigenvalue weighted by Gasteiger charge is -2.08. The van der Waals surface area contributed by atoms with Crippen molar-refractivity contribution in [3.05, 3.63) is 70.7 Å². The molecule has 0 spiro atoms. The molecule has 0 aliphatic rings. The van der Waals surface area contributed by atoms with Gasteiger partial charge < -0.3 is 4.74 Å². The Bertz CT molecular complexity index is 928. The molecule has 0 radical (unpaired) electrons. The second kappa shape index (κ2) is 6.29. The molecule has 0 saturated carbocycles. The number of benzene rings is 2. The Morgan fingerprint density at radius 2 is 1.92 bits per heavy atom. The summed E-state index contributed by atoms with van der Waals surface area (Å²) in [5.74, 6) is -0.352. The van der Waals surface area contributed by atoms with Crippen LogP contribution in [0.4, 0.5) is 20.6 Å². The standard InChI is InChI=1S/C16H10FN3O4/c17-10-3-5-11(6-4-10)19-16(21)24-14-8-7-13(20(22)23)12-2-1-9-18-15(12)14/h1-9H,(H,19,21). The van der Waals surface area contributed by atoms with Gasteiger partial charge in [-0.1, -0.05) is 0 Å². The summed E-state index contributed by atoms with van der Waals surface area (Å²) < 4.78 is 18.0. The van der Waals surface area contributed by atoms with Crippen molar-refractivity contribution in [2.24, 2.45) is 0 Å². The first-order valence-corrected chi connectivity index (χ1v) is 6.81. The predicted molar refractivity (Wildman–Crippen MR) is 84.4 cm³/mol. The third-order valence-electron chi connectivity index (χ3n) is 3.20. The van der Waals surface area contributed by atoms with E-state index in [0.717, 1.165) is 0 Å². The first-order valence-electron chi connectivity index (χ1n) is 6.81. The minimum absolute atomic E-state index is 0.0795. The van der Waals surface area contributed by atoms with Crippen molar-refractivity contribution < 1.29 is 18.8 Å². The fourth-order valence-corrected chi connectivity index (χ4v) is 2.15. The van der Waals surface area contributed by atoms with E-state index >= 15 is 0 Å². The summed E-state index contributed by atoms with van der Waals surface area (Å²) in [6.07, 6.45) is 0.624. The number of hydrogen-bond donors (Lipinski definition) is 1. The number of pyridine rings is 1. The zero-order valence-corrected chi connectivity index (χ0v) is 12.1. The molecule has 3 rings (SSSR count). The summed E-state index contributed by atoms with van der Waals surface area (Å²) in [6, 6.07) is 10.8. The third-order valence-corrected chi connectivity index (χ3v) is 3.20. The van der Waals surface area contributed by atoms with Crippen LogP contribution in [0.5, 0.6) is 5.75 Å². The maximum atomic E-state index is 12.8. The second-order valence-electron chi connectivity index (χ2n) is 4.76. The van der Waals surface area contributed by atoms with Gasteiger partial charge in [-0.3, -0.25) is 20.4 Å². The Labute approximate surface area is 134 Å². The number of carbonyl (C=O) groups is 1. The topological polar surface area (TPSA) is 94.4 Å². The molecule has 8 heteroatoms. The number of ether oxygens (including phenoxy) is 1.